The Bertz CT molecular complexity index is 590. The first-order valence-corrected chi connectivity index (χ1v) is 7.48. The Morgan fingerprint density at radius 3 is 2.52 bits per heavy atom. The predicted molar refractivity (Wildman–Crippen MR) is 86.9 cm³/mol. The van der Waals surface area contributed by atoms with Crippen LogP contribution < -0.4 is 4.74 Å². The zero-order valence-corrected chi connectivity index (χ0v) is 13.1. The number of hydrogen-bond acceptors (Lipinski definition) is 2. The molecular formula is C19H24O2. The van der Waals surface area contributed by atoms with Crippen molar-refractivity contribution in [3.8, 4) is 5.75 Å². The average molecular weight is 284 g/mol. The van der Waals surface area contributed by atoms with Gasteiger partial charge in [-0.2, -0.15) is 0 Å². The van der Waals surface area contributed by atoms with Gasteiger partial charge in [-0.1, -0.05) is 35.9 Å². The molecule has 2 nitrogen and oxygen atoms in total. The third-order valence-corrected chi connectivity index (χ3v) is 3.67. The monoisotopic (exact) mass is 284 g/mol. The summed E-state index contributed by atoms with van der Waals surface area (Å²) in [4.78, 5) is 0. The lowest BCUT2D eigenvalue weighted by Crippen LogP contribution is -2.15. The van der Waals surface area contributed by atoms with E-state index in [2.05, 4.69) is 32.0 Å². The van der Waals surface area contributed by atoms with E-state index < -0.39 is 0 Å². The molecular weight excluding hydrogens is 260 g/mol. The molecule has 0 amide bonds. The maximum atomic E-state index is 10.2. The lowest BCUT2D eigenvalue weighted by molar-refractivity contribution is 0.139. The second-order valence-corrected chi connectivity index (χ2v) is 5.74. The van der Waals surface area contributed by atoms with Gasteiger partial charge in [-0.3, -0.25) is 0 Å². The van der Waals surface area contributed by atoms with Crippen LogP contribution >= 0.6 is 0 Å². The molecule has 0 fully saturated rings. The van der Waals surface area contributed by atoms with E-state index in [9.17, 15) is 5.11 Å². The van der Waals surface area contributed by atoms with Gasteiger partial charge >= 0.3 is 0 Å². The van der Waals surface area contributed by atoms with Gasteiger partial charge in [-0.15, -0.1) is 0 Å². The molecule has 112 valence electrons. The summed E-state index contributed by atoms with van der Waals surface area (Å²) >= 11 is 0. The van der Waals surface area contributed by atoms with E-state index in [1.807, 2.05) is 31.2 Å². The highest BCUT2D eigenvalue weighted by molar-refractivity contribution is 5.31. The van der Waals surface area contributed by atoms with Crippen LogP contribution in [0.2, 0.25) is 0 Å². The third kappa shape index (κ3) is 4.91. The topological polar surface area (TPSA) is 29.5 Å². The van der Waals surface area contributed by atoms with Gasteiger partial charge in [0.2, 0.25) is 0 Å². The first-order valence-electron chi connectivity index (χ1n) is 7.48. The van der Waals surface area contributed by atoms with Crippen LogP contribution in [0.25, 0.3) is 0 Å². The van der Waals surface area contributed by atoms with E-state index in [1.165, 1.54) is 22.3 Å². The molecule has 2 aromatic carbocycles. The highest BCUT2D eigenvalue weighted by atomic mass is 16.5. The number of hydrogen-bond donors (Lipinski definition) is 1. The molecule has 21 heavy (non-hydrogen) atoms. The van der Waals surface area contributed by atoms with Crippen LogP contribution in [-0.4, -0.2) is 17.8 Å². The number of aliphatic hydroxyl groups excluding tert-OH is 1. The summed E-state index contributed by atoms with van der Waals surface area (Å²) in [5.74, 6) is 0.869. The lowest BCUT2D eigenvalue weighted by atomic mass is 9.99. The molecule has 0 saturated heterocycles. The summed E-state index contributed by atoms with van der Waals surface area (Å²) in [7, 11) is 0. The highest BCUT2D eigenvalue weighted by Crippen LogP contribution is 2.16. The summed E-state index contributed by atoms with van der Waals surface area (Å²) in [6, 6.07) is 14.4. The SMILES string of the molecule is Cc1cccc(OCCC(O)Cc2cc(C)ccc2C)c1. The Labute approximate surface area is 127 Å². The van der Waals surface area contributed by atoms with Crippen molar-refractivity contribution in [3.63, 3.8) is 0 Å². The van der Waals surface area contributed by atoms with Crippen LogP contribution in [-0.2, 0) is 6.42 Å². The molecule has 2 heteroatoms. The summed E-state index contributed by atoms with van der Waals surface area (Å²) < 4.78 is 5.69. The largest absolute Gasteiger partial charge is 0.493 e. The van der Waals surface area contributed by atoms with E-state index >= 15 is 0 Å². The molecule has 0 saturated carbocycles. The van der Waals surface area contributed by atoms with E-state index in [0.29, 0.717) is 19.4 Å². The molecule has 0 aromatic heterocycles. The van der Waals surface area contributed by atoms with Crippen LogP contribution in [0.1, 0.15) is 28.7 Å². The third-order valence-electron chi connectivity index (χ3n) is 3.67. The van der Waals surface area contributed by atoms with Crippen molar-refractivity contribution in [1.82, 2.24) is 0 Å². The van der Waals surface area contributed by atoms with Crippen molar-refractivity contribution in [1.29, 1.82) is 0 Å². The average Bonchev–Trinajstić information content (AvgIpc) is 2.43. The van der Waals surface area contributed by atoms with Gasteiger partial charge in [0.05, 0.1) is 12.7 Å². The number of aryl methyl sites for hydroxylation is 3. The maximum Gasteiger partial charge on any atom is 0.119 e. The van der Waals surface area contributed by atoms with Crippen molar-refractivity contribution < 1.29 is 9.84 Å². The van der Waals surface area contributed by atoms with Crippen molar-refractivity contribution >= 4 is 0 Å². The Morgan fingerprint density at radius 2 is 1.76 bits per heavy atom. The molecule has 1 unspecified atom stereocenters. The van der Waals surface area contributed by atoms with Gasteiger partial charge in [-0.25, -0.2) is 0 Å². The smallest absolute Gasteiger partial charge is 0.119 e. The van der Waals surface area contributed by atoms with Crippen LogP contribution in [0.15, 0.2) is 42.5 Å². The number of ether oxygens (including phenoxy) is 1. The Balaban J connectivity index is 1.82. The number of rotatable bonds is 6. The summed E-state index contributed by atoms with van der Waals surface area (Å²) in [5.41, 5.74) is 4.87. The molecule has 0 aliphatic carbocycles. The minimum absolute atomic E-state index is 0.365. The van der Waals surface area contributed by atoms with Crippen LogP contribution in [0.5, 0.6) is 5.75 Å². The quantitative estimate of drug-likeness (QED) is 0.869. The van der Waals surface area contributed by atoms with Gasteiger partial charge in [0.25, 0.3) is 0 Å². The highest BCUT2D eigenvalue weighted by Gasteiger charge is 2.08. The number of aliphatic hydroxyl groups is 1. The molecule has 1 atom stereocenters. The zero-order valence-electron chi connectivity index (χ0n) is 13.1. The summed E-state index contributed by atoms with van der Waals surface area (Å²) in [6.45, 7) is 6.75. The number of benzene rings is 2. The fourth-order valence-electron chi connectivity index (χ4n) is 2.39. The van der Waals surface area contributed by atoms with Crippen molar-refractivity contribution in [3.05, 3.63) is 64.7 Å². The van der Waals surface area contributed by atoms with Crippen molar-refractivity contribution in [2.75, 3.05) is 6.61 Å². The van der Waals surface area contributed by atoms with Gasteiger partial charge in [0.1, 0.15) is 5.75 Å². The fraction of sp³-hybridized carbons (Fsp3) is 0.368. The molecule has 0 aliphatic heterocycles. The molecule has 1 N–H and O–H groups in total. The van der Waals surface area contributed by atoms with Crippen LogP contribution in [0.3, 0.4) is 0 Å². The van der Waals surface area contributed by atoms with Crippen LogP contribution in [0.4, 0.5) is 0 Å². The second-order valence-electron chi connectivity index (χ2n) is 5.74. The van der Waals surface area contributed by atoms with Gasteiger partial charge in [0, 0.05) is 6.42 Å². The Kier molecular flexibility index (Phi) is 5.40. The molecule has 0 aliphatic rings. The van der Waals surface area contributed by atoms with E-state index in [0.717, 1.165) is 5.75 Å². The second kappa shape index (κ2) is 7.28. The zero-order chi connectivity index (χ0) is 15.2. The van der Waals surface area contributed by atoms with Crippen molar-refractivity contribution in [2.24, 2.45) is 0 Å². The normalized spacial score (nSPS) is 12.2. The summed E-state index contributed by atoms with van der Waals surface area (Å²) in [6.07, 6.45) is 0.960. The molecule has 0 bridgehead atoms. The molecule has 0 heterocycles. The van der Waals surface area contributed by atoms with E-state index in [-0.39, 0.29) is 6.10 Å². The van der Waals surface area contributed by atoms with Gasteiger partial charge in [0.15, 0.2) is 0 Å². The standard InChI is InChI=1S/C19H24O2/c1-14-5-4-6-19(12-14)21-10-9-18(20)13-17-11-15(2)7-8-16(17)3/h4-8,11-12,18,20H,9-10,13H2,1-3H3. The van der Waals surface area contributed by atoms with Gasteiger partial charge in [-0.05, 0) is 56.0 Å². The molecule has 0 radical (unpaired) electrons. The molecule has 2 aromatic rings. The minimum atomic E-state index is -0.365. The van der Waals surface area contributed by atoms with E-state index in [4.69, 9.17) is 4.74 Å². The lowest BCUT2D eigenvalue weighted by Gasteiger charge is -2.14. The maximum absolute atomic E-state index is 10.2. The minimum Gasteiger partial charge on any atom is -0.493 e. The van der Waals surface area contributed by atoms with Crippen LogP contribution in [0, 0.1) is 20.8 Å². The molecule has 0 spiro atoms. The first-order chi connectivity index (χ1) is 10.0. The summed E-state index contributed by atoms with van der Waals surface area (Å²) in [5, 5.41) is 10.2. The Morgan fingerprint density at radius 1 is 1.00 bits per heavy atom. The van der Waals surface area contributed by atoms with Gasteiger partial charge < -0.3 is 9.84 Å². The fourth-order valence-corrected chi connectivity index (χ4v) is 2.39. The first kappa shape index (κ1) is 15.6. The molecule has 2 rings (SSSR count). The Hall–Kier alpha value is -1.80. The predicted octanol–water partition coefficient (Wildman–Crippen LogP) is 3.98. The van der Waals surface area contributed by atoms with Crippen molar-refractivity contribution in [2.45, 2.75) is 39.7 Å². The van der Waals surface area contributed by atoms with E-state index in [1.54, 1.807) is 0 Å².